The molecule has 0 radical (unpaired) electrons. The van der Waals surface area contributed by atoms with Crippen LogP contribution < -0.4 is 10.5 Å². The minimum atomic E-state index is -4.74. The number of rotatable bonds is 3. The van der Waals surface area contributed by atoms with Crippen LogP contribution in [0.5, 0.6) is 5.75 Å². The van der Waals surface area contributed by atoms with Gasteiger partial charge in [-0.05, 0) is 23.6 Å². The zero-order chi connectivity index (χ0) is 13.2. The van der Waals surface area contributed by atoms with Crippen molar-refractivity contribution in [3.05, 3.63) is 28.8 Å². The van der Waals surface area contributed by atoms with Crippen LogP contribution in [0.4, 0.5) is 13.2 Å². The zero-order valence-corrected chi connectivity index (χ0v) is 10.1. The van der Waals surface area contributed by atoms with Crippen LogP contribution in [-0.4, -0.2) is 6.36 Å². The number of benzene rings is 1. The Morgan fingerprint density at radius 1 is 1.29 bits per heavy atom. The SMILES string of the molecule is CC(C)[C@@H](N)c1ccc(OC(F)(F)F)c(Cl)c1. The Balaban J connectivity index is 2.94. The van der Waals surface area contributed by atoms with Crippen molar-refractivity contribution in [3.63, 3.8) is 0 Å². The minimum absolute atomic E-state index is 0.101. The molecule has 0 aliphatic heterocycles. The Morgan fingerprint density at radius 2 is 1.88 bits per heavy atom. The van der Waals surface area contributed by atoms with Crippen LogP contribution in [-0.2, 0) is 0 Å². The highest BCUT2D eigenvalue weighted by atomic mass is 35.5. The average Bonchev–Trinajstić information content (AvgIpc) is 2.18. The summed E-state index contributed by atoms with van der Waals surface area (Å²) in [6, 6.07) is 3.78. The first-order valence-corrected chi connectivity index (χ1v) is 5.39. The fourth-order valence-electron chi connectivity index (χ4n) is 1.32. The van der Waals surface area contributed by atoms with E-state index in [-0.39, 0.29) is 17.0 Å². The van der Waals surface area contributed by atoms with Crippen molar-refractivity contribution in [1.82, 2.24) is 0 Å². The maximum Gasteiger partial charge on any atom is 0.573 e. The topological polar surface area (TPSA) is 35.2 Å². The first kappa shape index (κ1) is 14.1. The molecule has 1 rings (SSSR count). The lowest BCUT2D eigenvalue weighted by atomic mass is 9.97. The number of hydrogen-bond donors (Lipinski definition) is 1. The van der Waals surface area contributed by atoms with E-state index in [9.17, 15) is 13.2 Å². The van der Waals surface area contributed by atoms with Gasteiger partial charge in [0.25, 0.3) is 0 Å². The van der Waals surface area contributed by atoms with E-state index in [1.54, 1.807) is 0 Å². The quantitative estimate of drug-likeness (QED) is 0.902. The predicted octanol–water partition coefficient (Wildman–Crippen LogP) is 3.89. The standard InChI is InChI=1S/C11H13ClF3NO/c1-6(2)10(16)7-3-4-9(8(12)5-7)17-11(13,14)15/h3-6,10H,16H2,1-2H3/t10-/m1/s1. The third-order valence-corrected chi connectivity index (χ3v) is 2.58. The molecule has 0 fully saturated rings. The third-order valence-electron chi connectivity index (χ3n) is 2.28. The molecular weight excluding hydrogens is 255 g/mol. The first-order chi connectivity index (χ1) is 7.70. The summed E-state index contributed by atoms with van der Waals surface area (Å²) in [4.78, 5) is 0. The number of halogens is 4. The molecule has 96 valence electrons. The molecule has 0 amide bonds. The molecule has 17 heavy (non-hydrogen) atoms. The fraction of sp³-hybridized carbons (Fsp3) is 0.455. The van der Waals surface area contributed by atoms with Gasteiger partial charge in [0, 0.05) is 6.04 Å². The lowest BCUT2D eigenvalue weighted by Crippen LogP contribution is -2.18. The summed E-state index contributed by atoms with van der Waals surface area (Å²) < 4.78 is 39.8. The van der Waals surface area contributed by atoms with E-state index in [4.69, 9.17) is 17.3 Å². The van der Waals surface area contributed by atoms with Gasteiger partial charge in [-0.25, -0.2) is 0 Å². The van der Waals surface area contributed by atoms with Gasteiger partial charge in [-0.15, -0.1) is 13.2 Å². The van der Waals surface area contributed by atoms with Crippen LogP contribution in [0.3, 0.4) is 0 Å². The van der Waals surface area contributed by atoms with Crippen LogP contribution in [0, 0.1) is 5.92 Å². The summed E-state index contributed by atoms with van der Waals surface area (Å²) in [6.45, 7) is 3.83. The Kier molecular flexibility index (Phi) is 4.27. The smallest absolute Gasteiger partial charge is 0.404 e. The average molecular weight is 268 g/mol. The van der Waals surface area contributed by atoms with Crippen molar-refractivity contribution in [2.24, 2.45) is 11.7 Å². The van der Waals surface area contributed by atoms with E-state index < -0.39 is 12.1 Å². The highest BCUT2D eigenvalue weighted by Gasteiger charge is 2.32. The molecule has 0 spiro atoms. The maximum absolute atomic E-state index is 12.0. The molecule has 6 heteroatoms. The molecule has 0 aliphatic carbocycles. The van der Waals surface area contributed by atoms with Gasteiger partial charge >= 0.3 is 6.36 Å². The van der Waals surface area contributed by atoms with Crippen molar-refractivity contribution >= 4 is 11.6 Å². The molecule has 0 heterocycles. The van der Waals surface area contributed by atoms with Crippen molar-refractivity contribution in [2.45, 2.75) is 26.3 Å². The Labute approximate surface area is 103 Å². The van der Waals surface area contributed by atoms with Gasteiger partial charge in [0.15, 0.2) is 0 Å². The Morgan fingerprint density at radius 3 is 2.29 bits per heavy atom. The second-order valence-electron chi connectivity index (χ2n) is 4.01. The summed E-state index contributed by atoms with van der Waals surface area (Å²) in [5.74, 6) is -0.251. The number of hydrogen-bond acceptors (Lipinski definition) is 2. The van der Waals surface area contributed by atoms with Gasteiger partial charge in [-0.2, -0.15) is 0 Å². The minimum Gasteiger partial charge on any atom is -0.404 e. The molecule has 1 atom stereocenters. The van der Waals surface area contributed by atoms with Crippen molar-refractivity contribution in [1.29, 1.82) is 0 Å². The van der Waals surface area contributed by atoms with Gasteiger partial charge in [-0.3, -0.25) is 0 Å². The Hall–Kier alpha value is -0.940. The normalized spacial score (nSPS) is 13.9. The summed E-state index contributed by atoms with van der Waals surface area (Å²) in [5.41, 5.74) is 6.54. The lowest BCUT2D eigenvalue weighted by Gasteiger charge is -2.17. The van der Waals surface area contributed by atoms with E-state index in [1.807, 2.05) is 13.8 Å². The number of ether oxygens (including phenoxy) is 1. The molecule has 0 aliphatic rings. The van der Waals surface area contributed by atoms with Crippen LogP contribution in [0.15, 0.2) is 18.2 Å². The van der Waals surface area contributed by atoms with Gasteiger partial charge < -0.3 is 10.5 Å². The maximum atomic E-state index is 12.0. The molecule has 1 aromatic carbocycles. The second-order valence-corrected chi connectivity index (χ2v) is 4.41. The van der Waals surface area contributed by atoms with Crippen LogP contribution in [0.25, 0.3) is 0 Å². The summed E-state index contributed by atoms with van der Waals surface area (Å²) in [7, 11) is 0. The van der Waals surface area contributed by atoms with E-state index in [0.29, 0.717) is 5.56 Å². The van der Waals surface area contributed by atoms with E-state index in [2.05, 4.69) is 4.74 Å². The van der Waals surface area contributed by atoms with Crippen LogP contribution in [0.2, 0.25) is 5.02 Å². The number of alkyl halides is 3. The van der Waals surface area contributed by atoms with Gasteiger partial charge in [0.1, 0.15) is 5.75 Å². The van der Waals surface area contributed by atoms with E-state index >= 15 is 0 Å². The molecule has 0 saturated carbocycles. The van der Waals surface area contributed by atoms with Gasteiger partial charge in [-0.1, -0.05) is 31.5 Å². The highest BCUT2D eigenvalue weighted by molar-refractivity contribution is 6.32. The monoisotopic (exact) mass is 267 g/mol. The summed E-state index contributed by atoms with van der Waals surface area (Å²) in [6.07, 6.45) is -4.74. The Bertz CT molecular complexity index is 393. The first-order valence-electron chi connectivity index (χ1n) is 5.01. The molecule has 0 unspecified atom stereocenters. The number of nitrogens with two attached hydrogens (primary N) is 1. The molecule has 1 aromatic rings. The second kappa shape index (κ2) is 5.14. The van der Waals surface area contributed by atoms with Crippen LogP contribution >= 0.6 is 11.6 Å². The fourth-order valence-corrected chi connectivity index (χ4v) is 1.54. The largest absolute Gasteiger partial charge is 0.573 e. The van der Waals surface area contributed by atoms with Crippen molar-refractivity contribution < 1.29 is 17.9 Å². The molecule has 0 aromatic heterocycles. The van der Waals surface area contributed by atoms with E-state index in [1.165, 1.54) is 18.2 Å². The van der Waals surface area contributed by atoms with Crippen molar-refractivity contribution in [3.8, 4) is 5.75 Å². The predicted molar refractivity (Wildman–Crippen MR) is 59.9 cm³/mol. The zero-order valence-electron chi connectivity index (χ0n) is 9.38. The highest BCUT2D eigenvalue weighted by Crippen LogP contribution is 2.32. The molecular formula is C11H13ClF3NO. The van der Waals surface area contributed by atoms with Gasteiger partial charge in [0.05, 0.1) is 5.02 Å². The molecule has 2 nitrogen and oxygen atoms in total. The molecule has 2 N–H and O–H groups in total. The third kappa shape index (κ3) is 4.09. The molecule has 0 saturated heterocycles. The molecule has 0 bridgehead atoms. The van der Waals surface area contributed by atoms with Gasteiger partial charge in [0.2, 0.25) is 0 Å². The summed E-state index contributed by atoms with van der Waals surface area (Å²) in [5, 5.41) is -0.101. The van der Waals surface area contributed by atoms with E-state index in [0.717, 1.165) is 0 Å². The lowest BCUT2D eigenvalue weighted by molar-refractivity contribution is -0.274. The summed E-state index contributed by atoms with van der Waals surface area (Å²) >= 11 is 5.70. The van der Waals surface area contributed by atoms with Crippen LogP contribution in [0.1, 0.15) is 25.5 Å². The van der Waals surface area contributed by atoms with Crippen molar-refractivity contribution in [2.75, 3.05) is 0 Å².